The number of carbonyl (C=O) groups is 1. The first kappa shape index (κ1) is 9.97. The van der Waals surface area contributed by atoms with E-state index in [1.807, 2.05) is 0 Å². The van der Waals surface area contributed by atoms with E-state index in [1.165, 1.54) is 12.8 Å². The van der Waals surface area contributed by atoms with Gasteiger partial charge < -0.3 is 5.32 Å². The summed E-state index contributed by atoms with van der Waals surface area (Å²) < 4.78 is 0. The molecule has 2 N–H and O–H groups in total. The Morgan fingerprint density at radius 3 is 2.93 bits per heavy atom. The highest BCUT2D eigenvalue weighted by Crippen LogP contribution is 2.37. The molecule has 80 valence electrons. The maximum atomic E-state index is 11.2. The van der Waals surface area contributed by atoms with Crippen LogP contribution in [0.4, 0.5) is 0 Å². The molecule has 2 fully saturated rings. The van der Waals surface area contributed by atoms with Crippen LogP contribution in [0, 0.1) is 11.8 Å². The Morgan fingerprint density at radius 1 is 1.57 bits per heavy atom. The molecule has 1 saturated heterocycles. The molecule has 1 spiro atoms. The van der Waals surface area contributed by atoms with Crippen molar-refractivity contribution < 1.29 is 4.79 Å². The molecule has 2 atom stereocenters. The molecule has 0 radical (unpaired) electrons. The maximum absolute atomic E-state index is 11.2. The summed E-state index contributed by atoms with van der Waals surface area (Å²) in [7, 11) is 0. The highest BCUT2D eigenvalue weighted by molar-refractivity contribution is 5.81. The molecule has 0 aromatic rings. The second-order valence-corrected chi connectivity index (χ2v) is 5.22. The Hall–Kier alpha value is -0.570. The molecule has 2 unspecified atom stereocenters. The Kier molecular flexibility index (Phi) is 2.52. The van der Waals surface area contributed by atoms with Gasteiger partial charge in [-0.2, -0.15) is 0 Å². The van der Waals surface area contributed by atoms with Crippen molar-refractivity contribution in [1.29, 1.82) is 0 Å². The van der Waals surface area contributed by atoms with Crippen LogP contribution in [0.3, 0.4) is 0 Å². The van der Waals surface area contributed by atoms with Crippen molar-refractivity contribution in [2.24, 2.45) is 11.8 Å². The van der Waals surface area contributed by atoms with Crippen LogP contribution in [0.5, 0.6) is 0 Å². The average molecular weight is 196 g/mol. The number of nitrogens with one attached hydrogen (secondary N) is 2. The first-order chi connectivity index (χ1) is 6.60. The SMILES string of the molecule is CC(C)CC1CCC2(C1)NCC(=O)N2. The zero-order chi connectivity index (χ0) is 10.2. The van der Waals surface area contributed by atoms with E-state index in [4.69, 9.17) is 0 Å². The smallest absolute Gasteiger partial charge is 0.235 e. The zero-order valence-electron chi connectivity index (χ0n) is 9.10. The van der Waals surface area contributed by atoms with Crippen LogP contribution in [-0.2, 0) is 4.79 Å². The summed E-state index contributed by atoms with van der Waals surface area (Å²) in [5, 5.41) is 6.41. The molecule has 1 heterocycles. The Bertz CT molecular complexity index is 239. The molecule has 0 aromatic carbocycles. The van der Waals surface area contributed by atoms with Gasteiger partial charge in [0.05, 0.1) is 12.2 Å². The fourth-order valence-electron chi connectivity index (χ4n) is 2.89. The van der Waals surface area contributed by atoms with Gasteiger partial charge in [0, 0.05) is 0 Å². The van der Waals surface area contributed by atoms with Crippen LogP contribution in [-0.4, -0.2) is 18.1 Å². The minimum Gasteiger partial charge on any atom is -0.337 e. The fourth-order valence-corrected chi connectivity index (χ4v) is 2.89. The third-order valence-electron chi connectivity index (χ3n) is 3.39. The number of hydrogen-bond donors (Lipinski definition) is 2. The van der Waals surface area contributed by atoms with E-state index < -0.39 is 0 Å². The van der Waals surface area contributed by atoms with Crippen LogP contribution < -0.4 is 10.6 Å². The summed E-state index contributed by atoms with van der Waals surface area (Å²) in [4.78, 5) is 11.2. The van der Waals surface area contributed by atoms with Crippen LogP contribution in [0.2, 0.25) is 0 Å². The molecule has 3 heteroatoms. The van der Waals surface area contributed by atoms with E-state index in [9.17, 15) is 4.79 Å². The number of rotatable bonds is 2. The lowest BCUT2D eigenvalue weighted by atomic mass is 9.95. The standard InChI is InChI=1S/C11H20N2O/c1-8(2)5-9-3-4-11(6-9)12-7-10(14)13-11/h8-9,12H,3-7H2,1-2H3,(H,13,14). The van der Waals surface area contributed by atoms with Gasteiger partial charge in [-0.25, -0.2) is 0 Å². The molecule has 14 heavy (non-hydrogen) atoms. The molecule has 1 aliphatic carbocycles. The lowest BCUT2D eigenvalue weighted by Crippen LogP contribution is -2.47. The topological polar surface area (TPSA) is 41.1 Å². The highest BCUT2D eigenvalue weighted by atomic mass is 16.2. The second-order valence-electron chi connectivity index (χ2n) is 5.22. The van der Waals surface area contributed by atoms with Crippen molar-refractivity contribution in [3.63, 3.8) is 0 Å². The van der Waals surface area contributed by atoms with Crippen LogP contribution >= 0.6 is 0 Å². The first-order valence-corrected chi connectivity index (χ1v) is 5.66. The largest absolute Gasteiger partial charge is 0.337 e. The second kappa shape index (κ2) is 3.54. The average Bonchev–Trinajstić information content (AvgIpc) is 2.60. The van der Waals surface area contributed by atoms with Gasteiger partial charge in [0.1, 0.15) is 0 Å². The van der Waals surface area contributed by atoms with Gasteiger partial charge in [-0.15, -0.1) is 0 Å². The van der Waals surface area contributed by atoms with Gasteiger partial charge in [0.15, 0.2) is 0 Å². The van der Waals surface area contributed by atoms with Gasteiger partial charge in [-0.1, -0.05) is 13.8 Å². The fraction of sp³-hybridized carbons (Fsp3) is 0.909. The zero-order valence-corrected chi connectivity index (χ0v) is 9.10. The Labute approximate surface area is 85.6 Å². The van der Waals surface area contributed by atoms with Gasteiger partial charge >= 0.3 is 0 Å². The van der Waals surface area contributed by atoms with Crippen LogP contribution in [0.15, 0.2) is 0 Å². The molecule has 1 amide bonds. The van der Waals surface area contributed by atoms with E-state index in [1.54, 1.807) is 0 Å². The van der Waals surface area contributed by atoms with Gasteiger partial charge in [0.2, 0.25) is 5.91 Å². The van der Waals surface area contributed by atoms with E-state index in [-0.39, 0.29) is 11.6 Å². The molecule has 0 bridgehead atoms. The molecule has 1 aliphatic heterocycles. The van der Waals surface area contributed by atoms with Crippen molar-refractivity contribution in [2.45, 2.75) is 45.2 Å². The normalized spacial score (nSPS) is 37.1. The number of amides is 1. The lowest BCUT2D eigenvalue weighted by Gasteiger charge is -2.24. The minimum atomic E-state index is -0.0311. The Morgan fingerprint density at radius 2 is 2.36 bits per heavy atom. The third kappa shape index (κ3) is 1.92. The first-order valence-electron chi connectivity index (χ1n) is 5.66. The molecule has 0 aromatic heterocycles. The Balaban J connectivity index is 1.91. The van der Waals surface area contributed by atoms with E-state index in [2.05, 4.69) is 24.5 Å². The number of carbonyl (C=O) groups excluding carboxylic acids is 1. The van der Waals surface area contributed by atoms with E-state index >= 15 is 0 Å². The van der Waals surface area contributed by atoms with Crippen molar-refractivity contribution in [2.75, 3.05) is 6.54 Å². The minimum absolute atomic E-state index is 0.0311. The van der Waals surface area contributed by atoms with Crippen molar-refractivity contribution >= 4 is 5.91 Å². The molecule has 1 saturated carbocycles. The predicted octanol–water partition coefficient (Wildman–Crippen LogP) is 1.25. The van der Waals surface area contributed by atoms with E-state index in [0.29, 0.717) is 6.54 Å². The van der Waals surface area contributed by atoms with E-state index in [0.717, 1.165) is 24.7 Å². The van der Waals surface area contributed by atoms with Crippen molar-refractivity contribution in [1.82, 2.24) is 10.6 Å². The summed E-state index contributed by atoms with van der Waals surface area (Å²) in [5.74, 6) is 1.73. The highest BCUT2D eigenvalue weighted by Gasteiger charge is 2.43. The quantitative estimate of drug-likeness (QED) is 0.698. The molecule has 2 rings (SSSR count). The monoisotopic (exact) mass is 196 g/mol. The van der Waals surface area contributed by atoms with Crippen molar-refractivity contribution in [3.05, 3.63) is 0 Å². The summed E-state index contributed by atoms with van der Waals surface area (Å²) >= 11 is 0. The predicted molar refractivity (Wildman–Crippen MR) is 55.7 cm³/mol. The van der Waals surface area contributed by atoms with Crippen LogP contribution in [0.1, 0.15) is 39.5 Å². The molecular weight excluding hydrogens is 176 g/mol. The van der Waals surface area contributed by atoms with Gasteiger partial charge in [-0.05, 0) is 37.5 Å². The summed E-state index contributed by atoms with van der Waals surface area (Å²) in [6.07, 6.45) is 4.78. The summed E-state index contributed by atoms with van der Waals surface area (Å²) in [5.41, 5.74) is -0.0311. The maximum Gasteiger partial charge on any atom is 0.235 e. The molecule has 2 aliphatic rings. The van der Waals surface area contributed by atoms with Gasteiger partial charge in [-0.3, -0.25) is 10.1 Å². The van der Waals surface area contributed by atoms with Crippen molar-refractivity contribution in [3.8, 4) is 0 Å². The van der Waals surface area contributed by atoms with Crippen LogP contribution in [0.25, 0.3) is 0 Å². The molecule has 3 nitrogen and oxygen atoms in total. The summed E-state index contributed by atoms with van der Waals surface area (Å²) in [6, 6.07) is 0. The number of hydrogen-bond acceptors (Lipinski definition) is 2. The molecular formula is C11H20N2O. The summed E-state index contributed by atoms with van der Waals surface area (Å²) in [6.45, 7) is 5.05. The third-order valence-corrected chi connectivity index (χ3v) is 3.39. The van der Waals surface area contributed by atoms with Gasteiger partial charge in [0.25, 0.3) is 0 Å². The lowest BCUT2D eigenvalue weighted by molar-refractivity contribution is -0.118.